The van der Waals surface area contributed by atoms with Crippen molar-refractivity contribution in [3.05, 3.63) is 36.0 Å². The lowest BCUT2D eigenvalue weighted by Gasteiger charge is -2.05. The van der Waals surface area contributed by atoms with Gasteiger partial charge in [0.2, 0.25) is 5.88 Å². The van der Waals surface area contributed by atoms with Gasteiger partial charge in [0.25, 0.3) is 0 Å². The summed E-state index contributed by atoms with van der Waals surface area (Å²) in [6, 6.07) is 2.92. The fourth-order valence-corrected chi connectivity index (χ4v) is 1.08. The van der Waals surface area contributed by atoms with Gasteiger partial charge in [0.15, 0.2) is 0 Å². The van der Waals surface area contributed by atoms with Crippen molar-refractivity contribution in [2.75, 3.05) is 6.61 Å². The van der Waals surface area contributed by atoms with E-state index >= 15 is 0 Å². The zero-order valence-electron chi connectivity index (χ0n) is 8.56. The van der Waals surface area contributed by atoms with E-state index in [-0.39, 0.29) is 5.56 Å². The van der Waals surface area contributed by atoms with Crippen LogP contribution in [-0.2, 0) is 0 Å². The highest BCUT2D eigenvalue weighted by molar-refractivity contribution is 5.87. The summed E-state index contributed by atoms with van der Waals surface area (Å²) >= 11 is 0. The zero-order chi connectivity index (χ0) is 11.3. The number of hydrogen-bond acceptors (Lipinski definition) is 3. The zero-order valence-corrected chi connectivity index (χ0v) is 8.56. The first-order valence-electron chi connectivity index (χ1n) is 4.59. The van der Waals surface area contributed by atoms with Crippen LogP contribution in [0.25, 0.3) is 0 Å². The third kappa shape index (κ3) is 3.42. The maximum Gasteiger partial charge on any atom is 0.335 e. The molecular formula is C11H13NO3. The average Bonchev–Trinajstić information content (AvgIpc) is 2.17. The van der Waals surface area contributed by atoms with Crippen molar-refractivity contribution in [1.29, 1.82) is 0 Å². The molecule has 1 aromatic heterocycles. The number of ether oxygens (including phenoxy) is 1. The number of aryl methyl sites for hydroxylation is 1. The Kier molecular flexibility index (Phi) is 3.85. The van der Waals surface area contributed by atoms with Gasteiger partial charge in [-0.3, -0.25) is 0 Å². The van der Waals surface area contributed by atoms with Gasteiger partial charge in [-0.25, -0.2) is 9.78 Å². The van der Waals surface area contributed by atoms with Crippen molar-refractivity contribution in [2.24, 2.45) is 0 Å². The molecule has 0 aliphatic heterocycles. The molecule has 0 aromatic carbocycles. The number of pyridine rings is 1. The maximum atomic E-state index is 10.7. The van der Waals surface area contributed by atoms with Gasteiger partial charge in [-0.2, -0.15) is 0 Å². The second kappa shape index (κ2) is 5.14. The van der Waals surface area contributed by atoms with Crippen LogP contribution >= 0.6 is 0 Å². The Morgan fingerprint density at radius 3 is 3.00 bits per heavy atom. The molecule has 0 amide bonds. The van der Waals surface area contributed by atoms with E-state index in [0.29, 0.717) is 24.6 Å². The van der Waals surface area contributed by atoms with Gasteiger partial charge >= 0.3 is 5.97 Å². The lowest BCUT2D eigenvalue weighted by Crippen LogP contribution is -2.03. The van der Waals surface area contributed by atoms with Gasteiger partial charge in [-0.05, 0) is 19.4 Å². The van der Waals surface area contributed by atoms with Gasteiger partial charge in [-0.15, -0.1) is 6.58 Å². The first kappa shape index (κ1) is 11.2. The van der Waals surface area contributed by atoms with E-state index in [2.05, 4.69) is 11.6 Å². The fourth-order valence-electron chi connectivity index (χ4n) is 1.08. The molecule has 0 aliphatic rings. The number of aromatic nitrogens is 1. The van der Waals surface area contributed by atoms with Crippen LogP contribution in [0.2, 0.25) is 0 Å². The first-order valence-corrected chi connectivity index (χ1v) is 4.59. The van der Waals surface area contributed by atoms with E-state index < -0.39 is 5.97 Å². The summed E-state index contributed by atoms with van der Waals surface area (Å²) < 4.78 is 5.27. The summed E-state index contributed by atoms with van der Waals surface area (Å²) in [5, 5.41) is 8.81. The molecule has 1 rings (SSSR count). The lowest BCUT2D eigenvalue weighted by molar-refractivity contribution is 0.0696. The molecule has 1 N–H and O–H groups in total. The maximum absolute atomic E-state index is 10.7. The minimum Gasteiger partial charge on any atom is -0.478 e. The van der Waals surface area contributed by atoms with E-state index in [9.17, 15) is 4.79 Å². The predicted octanol–water partition coefficient (Wildman–Crippen LogP) is 2.04. The van der Waals surface area contributed by atoms with Crippen molar-refractivity contribution in [2.45, 2.75) is 13.3 Å². The summed E-state index contributed by atoms with van der Waals surface area (Å²) in [4.78, 5) is 14.8. The number of hydrogen-bond donors (Lipinski definition) is 1. The number of carboxylic acids is 1. The topological polar surface area (TPSA) is 59.4 Å². The molecule has 0 atom stereocenters. The molecule has 0 unspecified atom stereocenters. The van der Waals surface area contributed by atoms with Crippen molar-refractivity contribution in [1.82, 2.24) is 4.98 Å². The molecule has 4 nitrogen and oxygen atoms in total. The van der Waals surface area contributed by atoms with Crippen LogP contribution in [0, 0.1) is 6.92 Å². The van der Waals surface area contributed by atoms with Gasteiger partial charge in [0.1, 0.15) is 0 Å². The molecule has 0 saturated carbocycles. The Hall–Kier alpha value is -1.84. The SMILES string of the molecule is C=CCCOc1cc(C(=O)O)cc(C)n1. The predicted molar refractivity (Wildman–Crippen MR) is 56.2 cm³/mol. The van der Waals surface area contributed by atoms with Crippen LogP contribution in [0.5, 0.6) is 5.88 Å². The molecule has 0 aliphatic carbocycles. The Bertz CT molecular complexity index is 374. The molecule has 0 bridgehead atoms. The molecule has 1 aromatic rings. The lowest BCUT2D eigenvalue weighted by atomic mass is 10.2. The summed E-state index contributed by atoms with van der Waals surface area (Å²) in [6.45, 7) is 5.75. The normalized spacial score (nSPS) is 9.67. The molecule has 80 valence electrons. The number of carboxylic acid groups (broad SMARTS) is 1. The van der Waals surface area contributed by atoms with Crippen LogP contribution in [0.15, 0.2) is 24.8 Å². The van der Waals surface area contributed by atoms with Crippen LogP contribution < -0.4 is 4.74 Å². The Morgan fingerprint density at radius 1 is 1.67 bits per heavy atom. The first-order chi connectivity index (χ1) is 7.13. The monoisotopic (exact) mass is 207 g/mol. The molecule has 0 fully saturated rings. The minimum atomic E-state index is -0.978. The summed E-state index contributed by atoms with van der Waals surface area (Å²) in [5.41, 5.74) is 0.819. The van der Waals surface area contributed by atoms with E-state index in [1.165, 1.54) is 12.1 Å². The quantitative estimate of drug-likeness (QED) is 0.593. The third-order valence-corrected chi connectivity index (χ3v) is 1.75. The summed E-state index contributed by atoms with van der Waals surface area (Å²) in [6.07, 6.45) is 2.44. The molecular weight excluding hydrogens is 194 g/mol. The standard InChI is InChI=1S/C11H13NO3/c1-3-4-5-15-10-7-9(11(13)14)6-8(2)12-10/h3,6-7H,1,4-5H2,2H3,(H,13,14). The van der Waals surface area contributed by atoms with Crippen LogP contribution in [0.4, 0.5) is 0 Å². The van der Waals surface area contributed by atoms with Crippen molar-refractivity contribution < 1.29 is 14.6 Å². The molecule has 0 saturated heterocycles. The van der Waals surface area contributed by atoms with E-state index in [1.807, 2.05) is 0 Å². The highest BCUT2D eigenvalue weighted by atomic mass is 16.5. The molecule has 4 heteroatoms. The molecule has 15 heavy (non-hydrogen) atoms. The Morgan fingerprint density at radius 2 is 2.40 bits per heavy atom. The molecule has 0 spiro atoms. The minimum absolute atomic E-state index is 0.191. The highest BCUT2D eigenvalue weighted by Gasteiger charge is 2.06. The molecule has 1 heterocycles. The van der Waals surface area contributed by atoms with Crippen molar-refractivity contribution in [3.8, 4) is 5.88 Å². The smallest absolute Gasteiger partial charge is 0.335 e. The number of carbonyl (C=O) groups is 1. The van der Waals surface area contributed by atoms with Crippen molar-refractivity contribution in [3.63, 3.8) is 0 Å². The number of aromatic carboxylic acids is 1. The van der Waals surface area contributed by atoms with E-state index in [1.54, 1.807) is 13.0 Å². The number of nitrogens with zero attached hydrogens (tertiary/aromatic N) is 1. The van der Waals surface area contributed by atoms with Gasteiger partial charge < -0.3 is 9.84 Å². The van der Waals surface area contributed by atoms with Crippen LogP contribution in [-0.4, -0.2) is 22.7 Å². The van der Waals surface area contributed by atoms with Crippen LogP contribution in [0.1, 0.15) is 22.5 Å². The van der Waals surface area contributed by atoms with Gasteiger partial charge in [0, 0.05) is 11.8 Å². The highest BCUT2D eigenvalue weighted by Crippen LogP contribution is 2.12. The molecule has 0 radical (unpaired) electrons. The van der Waals surface area contributed by atoms with Gasteiger partial charge in [0.05, 0.1) is 12.2 Å². The van der Waals surface area contributed by atoms with E-state index in [4.69, 9.17) is 9.84 Å². The summed E-state index contributed by atoms with van der Waals surface area (Å²) in [5.74, 6) is -0.636. The van der Waals surface area contributed by atoms with Crippen LogP contribution in [0.3, 0.4) is 0 Å². The van der Waals surface area contributed by atoms with E-state index in [0.717, 1.165) is 0 Å². The summed E-state index contributed by atoms with van der Waals surface area (Å²) in [7, 11) is 0. The Balaban J connectivity index is 2.79. The Labute approximate surface area is 88.2 Å². The van der Waals surface area contributed by atoms with Crippen molar-refractivity contribution >= 4 is 5.97 Å². The fraction of sp³-hybridized carbons (Fsp3) is 0.273. The van der Waals surface area contributed by atoms with Gasteiger partial charge in [-0.1, -0.05) is 6.08 Å². The largest absolute Gasteiger partial charge is 0.478 e. The second-order valence-electron chi connectivity index (χ2n) is 3.07. The average molecular weight is 207 g/mol. The number of rotatable bonds is 5. The third-order valence-electron chi connectivity index (χ3n) is 1.75. The second-order valence-corrected chi connectivity index (χ2v) is 3.07.